The first-order valence-corrected chi connectivity index (χ1v) is 5.25. The van der Waals surface area contributed by atoms with Gasteiger partial charge in [-0.2, -0.15) is 5.01 Å². The molecule has 1 fully saturated rings. The van der Waals surface area contributed by atoms with Gasteiger partial charge < -0.3 is 9.64 Å². The van der Waals surface area contributed by atoms with Gasteiger partial charge in [0.05, 0.1) is 0 Å². The van der Waals surface area contributed by atoms with E-state index in [-0.39, 0.29) is 0 Å². The molecule has 1 rings (SSSR count). The number of ether oxygens (including phenoxy) is 1. The molecule has 0 N–H and O–H groups in total. The maximum absolute atomic E-state index is 11.4. The summed E-state index contributed by atoms with van der Waals surface area (Å²) < 4.78 is 5.11. The topological polar surface area (TPSA) is 46.9 Å². The summed E-state index contributed by atoms with van der Waals surface area (Å²) in [7, 11) is 2.06. The van der Waals surface area contributed by atoms with E-state index in [1.807, 2.05) is 20.8 Å². The number of likely N-dealkylation sites (N-methyl/N-ethyl adjacent to an activating group) is 1. The Kier molecular flexibility index (Phi) is 3.93. The van der Waals surface area contributed by atoms with Crippen molar-refractivity contribution in [3.63, 3.8) is 0 Å². The number of amides is 1. The standard InChI is InChI=1S/C10H20N3O2/c1-10(2,3)15-9(14)11-13-7-5-12(4)6-8-13/h5-8H2,1-4H3. The fourth-order valence-corrected chi connectivity index (χ4v) is 1.29. The number of nitrogens with zero attached hydrogens (tertiary/aromatic N) is 3. The lowest BCUT2D eigenvalue weighted by Crippen LogP contribution is -2.49. The minimum atomic E-state index is -0.493. The Labute approximate surface area is 91.3 Å². The van der Waals surface area contributed by atoms with Crippen LogP contribution in [0.2, 0.25) is 0 Å². The molecule has 5 heteroatoms. The highest BCUT2D eigenvalue weighted by Gasteiger charge is 2.22. The summed E-state index contributed by atoms with van der Waals surface area (Å²) >= 11 is 0. The molecule has 0 aromatic carbocycles. The Morgan fingerprint density at radius 3 is 2.20 bits per heavy atom. The predicted molar refractivity (Wildman–Crippen MR) is 57.4 cm³/mol. The molecule has 5 nitrogen and oxygen atoms in total. The second kappa shape index (κ2) is 4.81. The highest BCUT2D eigenvalue weighted by atomic mass is 16.6. The van der Waals surface area contributed by atoms with Gasteiger partial charge in [-0.3, -0.25) is 0 Å². The highest BCUT2D eigenvalue weighted by molar-refractivity contribution is 5.66. The van der Waals surface area contributed by atoms with Crippen LogP contribution in [0.4, 0.5) is 4.79 Å². The lowest BCUT2D eigenvalue weighted by atomic mass is 10.2. The number of rotatable bonds is 1. The van der Waals surface area contributed by atoms with Gasteiger partial charge in [0.2, 0.25) is 0 Å². The van der Waals surface area contributed by atoms with Crippen molar-refractivity contribution in [3.8, 4) is 0 Å². The summed E-state index contributed by atoms with van der Waals surface area (Å²) in [6, 6.07) is 0. The van der Waals surface area contributed by atoms with Crippen molar-refractivity contribution < 1.29 is 9.53 Å². The fraction of sp³-hybridized carbons (Fsp3) is 0.900. The van der Waals surface area contributed by atoms with Crippen molar-refractivity contribution in [1.29, 1.82) is 0 Å². The average molecular weight is 214 g/mol. The van der Waals surface area contributed by atoms with E-state index in [1.54, 1.807) is 5.01 Å². The lowest BCUT2D eigenvalue weighted by molar-refractivity contribution is 0.0220. The molecule has 1 aliphatic heterocycles. The second-order valence-corrected chi connectivity index (χ2v) is 4.84. The van der Waals surface area contributed by atoms with E-state index < -0.39 is 11.7 Å². The molecule has 0 aromatic heterocycles. The van der Waals surface area contributed by atoms with Crippen molar-refractivity contribution in [2.75, 3.05) is 33.2 Å². The van der Waals surface area contributed by atoms with Gasteiger partial charge in [-0.05, 0) is 27.8 Å². The van der Waals surface area contributed by atoms with E-state index in [2.05, 4.69) is 17.4 Å². The van der Waals surface area contributed by atoms with Crippen molar-refractivity contribution >= 4 is 6.09 Å². The zero-order valence-corrected chi connectivity index (χ0v) is 9.99. The maximum atomic E-state index is 11.4. The molecule has 0 unspecified atom stereocenters. The number of hydrogen-bond donors (Lipinski definition) is 0. The largest absolute Gasteiger partial charge is 0.446 e. The first-order chi connectivity index (χ1) is 6.87. The molecule has 0 atom stereocenters. The van der Waals surface area contributed by atoms with Crippen molar-refractivity contribution in [3.05, 3.63) is 0 Å². The van der Waals surface area contributed by atoms with Crippen LogP contribution in [0.3, 0.4) is 0 Å². The zero-order chi connectivity index (χ0) is 11.5. The molecule has 1 radical (unpaired) electrons. The molecule has 0 aromatic rings. The van der Waals surface area contributed by atoms with Crippen LogP contribution < -0.4 is 5.43 Å². The van der Waals surface area contributed by atoms with E-state index in [1.165, 1.54) is 0 Å². The third-order valence-electron chi connectivity index (χ3n) is 2.10. The molecular weight excluding hydrogens is 194 g/mol. The summed E-state index contributed by atoms with van der Waals surface area (Å²) in [5.41, 5.74) is 3.44. The van der Waals surface area contributed by atoms with Crippen molar-refractivity contribution in [1.82, 2.24) is 15.3 Å². The Bertz CT molecular complexity index is 217. The van der Waals surface area contributed by atoms with Crippen LogP contribution >= 0.6 is 0 Å². The Balaban J connectivity index is 2.27. The van der Waals surface area contributed by atoms with E-state index in [0.29, 0.717) is 0 Å². The summed E-state index contributed by atoms with van der Waals surface area (Å²) in [4.78, 5) is 13.6. The Morgan fingerprint density at radius 1 is 1.20 bits per heavy atom. The minimum absolute atomic E-state index is 0.465. The van der Waals surface area contributed by atoms with Gasteiger partial charge in [-0.25, -0.2) is 4.79 Å². The maximum Gasteiger partial charge on any atom is 0.446 e. The van der Waals surface area contributed by atoms with E-state index >= 15 is 0 Å². The lowest BCUT2D eigenvalue weighted by Gasteiger charge is -2.31. The normalized spacial score (nSPS) is 20.0. The molecule has 1 heterocycles. The first kappa shape index (κ1) is 12.3. The number of carbonyl (C=O) groups is 1. The van der Waals surface area contributed by atoms with Crippen LogP contribution in [0.25, 0.3) is 0 Å². The Morgan fingerprint density at radius 2 is 1.73 bits per heavy atom. The second-order valence-electron chi connectivity index (χ2n) is 4.84. The van der Waals surface area contributed by atoms with Crippen LogP contribution in [0.15, 0.2) is 0 Å². The van der Waals surface area contributed by atoms with Crippen LogP contribution in [0.5, 0.6) is 0 Å². The molecule has 1 aliphatic rings. The smallest absolute Gasteiger partial charge is 0.441 e. The minimum Gasteiger partial charge on any atom is -0.441 e. The van der Waals surface area contributed by atoms with Gasteiger partial charge in [-0.1, -0.05) is 0 Å². The molecule has 0 bridgehead atoms. The molecule has 0 saturated carbocycles. The van der Waals surface area contributed by atoms with Crippen LogP contribution in [0, 0.1) is 0 Å². The molecule has 15 heavy (non-hydrogen) atoms. The first-order valence-electron chi connectivity index (χ1n) is 5.25. The van der Waals surface area contributed by atoms with Gasteiger partial charge in [0, 0.05) is 26.2 Å². The number of hydrogen-bond acceptors (Lipinski definition) is 4. The van der Waals surface area contributed by atoms with Crippen LogP contribution in [-0.2, 0) is 4.74 Å². The third kappa shape index (κ3) is 4.99. The summed E-state index contributed by atoms with van der Waals surface area (Å²) in [6.07, 6.45) is -0.493. The van der Waals surface area contributed by atoms with Crippen LogP contribution in [-0.4, -0.2) is 54.8 Å². The predicted octanol–water partition coefficient (Wildman–Crippen LogP) is 0.688. The molecule has 0 spiro atoms. The van der Waals surface area contributed by atoms with Crippen molar-refractivity contribution in [2.45, 2.75) is 26.4 Å². The zero-order valence-electron chi connectivity index (χ0n) is 9.99. The molecule has 1 saturated heterocycles. The third-order valence-corrected chi connectivity index (χ3v) is 2.10. The fourth-order valence-electron chi connectivity index (χ4n) is 1.29. The Hall–Kier alpha value is -0.810. The molecule has 0 aliphatic carbocycles. The van der Waals surface area contributed by atoms with E-state index in [4.69, 9.17) is 4.74 Å². The van der Waals surface area contributed by atoms with E-state index in [9.17, 15) is 4.79 Å². The van der Waals surface area contributed by atoms with Crippen molar-refractivity contribution in [2.24, 2.45) is 0 Å². The number of carbonyl (C=O) groups excluding carboxylic acids is 1. The summed E-state index contributed by atoms with van der Waals surface area (Å²) in [5, 5.41) is 1.77. The number of piperazine rings is 1. The monoisotopic (exact) mass is 214 g/mol. The highest BCUT2D eigenvalue weighted by Crippen LogP contribution is 2.07. The van der Waals surface area contributed by atoms with Gasteiger partial charge in [0.1, 0.15) is 5.60 Å². The summed E-state index contributed by atoms with van der Waals surface area (Å²) in [5.74, 6) is 0. The molecule has 1 amide bonds. The van der Waals surface area contributed by atoms with Gasteiger partial charge in [0.15, 0.2) is 0 Å². The molecule has 87 valence electrons. The van der Waals surface area contributed by atoms with E-state index in [0.717, 1.165) is 26.2 Å². The van der Waals surface area contributed by atoms with Gasteiger partial charge in [0.25, 0.3) is 0 Å². The average Bonchev–Trinajstić information content (AvgIpc) is 2.05. The van der Waals surface area contributed by atoms with Gasteiger partial charge in [-0.15, -0.1) is 5.43 Å². The van der Waals surface area contributed by atoms with Gasteiger partial charge >= 0.3 is 6.09 Å². The SMILES string of the molecule is CN1CCN([N]C(=O)OC(C)(C)C)CC1. The molecular formula is C10H20N3O2. The van der Waals surface area contributed by atoms with Crippen LogP contribution in [0.1, 0.15) is 20.8 Å². The summed E-state index contributed by atoms with van der Waals surface area (Å²) in [6.45, 7) is 8.96. The quantitative estimate of drug-likeness (QED) is 0.644.